The van der Waals surface area contributed by atoms with Crippen LogP contribution in [0.3, 0.4) is 0 Å². The Morgan fingerprint density at radius 3 is 2.55 bits per heavy atom. The molecule has 1 heterocycles. The lowest BCUT2D eigenvalue weighted by atomic mass is 10.4. The van der Waals surface area contributed by atoms with E-state index in [0.717, 1.165) is 6.07 Å². The Labute approximate surface area is 121 Å². The molecule has 1 aromatic rings. The summed E-state index contributed by atoms with van der Waals surface area (Å²) in [6, 6.07) is 0.704. The zero-order chi connectivity index (χ0) is 15.5. The average molecular weight is 323 g/mol. The van der Waals surface area contributed by atoms with Crippen molar-refractivity contribution < 1.29 is 18.1 Å². The predicted octanol–water partition coefficient (Wildman–Crippen LogP) is 1.28. The number of methoxy groups -OCH3 is 1. The number of nitrogen functional groups attached to an aromatic ring is 1. The van der Waals surface area contributed by atoms with Gasteiger partial charge in [0.15, 0.2) is 5.00 Å². The van der Waals surface area contributed by atoms with E-state index in [1.165, 1.54) is 11.4 Å². The minimum absolute atomic E-state index is 0.121. The highest BCUT2D eigenvalue weighted by Crippen LogP contribution is 2.36. The molecule has 1 rings (SSSR count). The van der Waals surface area contributed by atoms with Crippen molar-refractivity contribution in [1.82, 2.24) is 4.31 Å². The van der Waals surface area contributed by atoms with Crippen LogP contribution in [-0.2, 0) is 14.8 Å². The van der Waals surface area contributed by atoms with Gasteiger partial charge < -0.3 is 10.5 Å². The molecule has 0 saturated carbocycles. The first kappa shape index (κ1) is 16.8. The molecule has 10 heteroatoms. The van der Waals surface area contributed by atoms with Crippen LogP contribution in [0.5, 0.6) is 0 Å². The van der Waals surface area contributed by atoms with Gasteiger partial charge in [0, 0.05) is 25.8 Å². The number of rotatable bonds is 7. The zero-order valence-electron chi connectivity index (χ0n) is 11.4. The van der Waals surface area contributed by atoms with Crippen LogP contribution >= 0.6 is 11.3 Å². The van der Waals surface area contributed by atoms with E-state index in [9.17, 15) is 18.5 Å². The SMILES string of the molecule is COCCN(C(C)C)S(=O)(=O)c1cc([N+](=O)[O-])c(N)s1. The number of thiophene rings is 1. The van der Waals surface area contributed by atoms with E-state index >= 15 is 0 Å². The molecule has 0 aromatic carbocycles. The van der Waals surface area contributed by atoms with E-state index < -0.39 is 14.9 Å². The summed E-state index contributed by atoms with van der Waals surface area (Å²) in [5.41, 5.74) is 5.10. The van der Waals surface area contributed by atoms with Crippen molar-refractivity contribution in [1.29, 1.82) is 0 Å². The molecule has 0 aliphatic heterocycles. The molecule has 0 aliphatic carbocycles. The van der Waals surface area contributed by atoms with Crippen molar-refractivity contribution >= 4 is 32.0 Å². The van der Waals surface area contributed by atoms with Crippen LogP contribution in [0.4, 0.5) is 10.7 Å². The molecule has 0 spiro atoms. The quantitative estimate of drug-likeness (QED) is 0.597. The van der Waals surface area contributed by atoms with Gasteiger partial charge in [-0.15, -0.1) is 0 Å². The Balaban J connectivity index is 3.19. The van der Waals surface area contributed by atoms with Crippen LogP contribution in [0.25, 0.3) is 0 Å². The van der Waals surface area contributed by atoms with Gasteiger partial charge in [0.2, 0.25) is 0 Å². The minimum Gasteiger partial charge on any atom is -0.385 e. The number of ether oxygens (including phenoxy) is 1. The second kappa shape index (κ2) is 6.48. The number of hydrogen-bond acceptors (Lipinski definition) is 7. The number of nitrogens with two attached hydrogens (primary N) is 1. The summed E-state index contributed by atoms with van der Waals surface area (Å²) < 4.78 is 30.9. The number of sulfonamides is 1. The third kappa shape index (κ3) is 3.45. The molecular formula is C10H17N3O5S2. The van der Waals surface area contributed by atoms with Crippen LogP contribution in [0, 0.1) is 10.1 Å². The summed E-state index contributed by atoms with van der Waals surface area (Å²) in [5, 5.41) is 10.6. The normalized spacial score (nSPS) is 12.2. The number of anilines is 1. The number of hydrogen-bond donors (Lipinski definition) is 1. The van der Waals surface area contributed by atoms with Crippen molar-refractivity contribution in [2.45, 2.75) is 24.1 Å². The van der Waals surface area contributed by atoms with Gasteiger partial charge in [-0.1, -0.05) is 11.3 Å². The smallest absolute Gasteiger partial charge is 0.304 e. The maximum atomic E-state index is 12.5. The third-order valence-corrected chi connectivity index (χ3v) is 6.05. The molecule has 2 N–H and O–H groups in total. The van der Waals surface area contributed by atoms with Crippen molar-refractivity contribution in [2.24, 2.45) is 0 Å². The fraction of sp³-hybridized carbons (Fsp3) is 0.600. The van der Waals surface area contributed by atoms with Crippen LogP contribution in [0.15, 0.2) is 10.3 Å². The fourth-order valence-corrected chi connectivity index (χ4v) is 4.56. The number of nitrogens with zero attached hydrogens (tertiary/aromatic N) is 2. The van der Waals surface area contributed by atoms with E-state index in [1.807, 2.05) is 0 Å². The van der Waals surface area contributed by atoms with Gasteiger partial charge in [0.25, 0.3) is 10.0 Å². The van der Waals surface area contributed by atoms with E-state index in [4.69, 9.17) is 10.5 Å². The van der Waals surface area contributed by atoms with E-state index in [0.29, 0.717) is 11.3 Å². The summed E-state index contributed by atoms with van der Waals surface area (Å²) in [6.07, 6.45) is 0. The van der Waals surface area contributed by atoms with E-state index in [-0.39, 0.29) is 34.1 Å². The Hall–Kier alpha value is -1.23. The molecule has 20 heavy (non-hydrogen) atoms. The molecular weight excluding hydrogens is 306 g/mol. The van der Waals surface area contributed by atoms with Crippen LogP contribution in [0.2, 0.25) is 0 Å². The van der Waals surface area contributed by atoms with Gasteiger partial charge in [-0.2, -0.15) is 4.31 Å². The van der Waals surface area contributed by atoms with Crippen molar-refractivity contribution in [3.8, 4) is 0 Å². The molecule has 8 nitrogen and oxygen atoms in total. The Morgan fingerprint density at radius 2 is 2.15 bits per heavy atom. The highest BCUT2D eigenvalue weighted by atomic mass is 32.2. The molecule has 0 atom stereocenters. The van der Waals surface area contributed by atoms with E-state index in [1.54, 1.807) is 13.8 Å². The lowest BCUT2D eigenvalue weighted by Gasteiger charge is -2.24. The van der Waals surface area contributed by atoms with Gasteiger partial charge in [0.1, 0.15) is 4.21 Å². The standard InChI is InChI=1S/C10H17N3O5S2/c1-7(2)12(4-5-18-3)20(16,17)9-6-8(13(14)15)10(11)19-9/h6-7H,4-5,11H2,1-3H3. The molecule has 1 aromatic heterocycles. The lowest BCUT2D eigenvalue weighted by Crippen LogP contribution is -2.38. The van der Waals surface area contributed by atoms with E-state index in [2.05, 4.69) is 0 Å². The van der Waals surface area contributed by atoms with Crippen LogP contribution in [0.1, 0.15) is 13.8 Å². The Morgan fingerprint density at radius 1 is 1.55 bits per heavy atom. The summed E-state index contributed by atoms with van der Waals surface area (Å²) in [5.74, 6) is 0. The van der Waals surface area contributed by atoms with Crippen molar-refractivity contribution in [3.63, 3.8) is 0 Å². The van der Waals surface area contributed by atoms with Gasteiger partial charge in [-0.25, -0.2) is 8.42 Å². The topological polar surface area (TPSA) is 116 Å². The second-order valence-corrected chi connectivity index (χ2v) is 7.48. The van der Waals surface area contributed by atoms with Gasteiger partial charge in [-0.3, -0.25) is 10.1 Å². The zero-order valence-corrected chi connectivity index (χ0v) is 13.0. The molecule has 0 bridgehead atoms. The first-order valence-corrected chi connectivity index (χ1v) is 8.02. The minimum atomic E-state index is -3.82. The van der Waals surface area contributed by atoms with Crippen molar-refractivity contribution in [2.75, 3.05) is 26.0 Å². The highest BCUT2D eigenvalue weighted by Gasteiger charge is 2.31. The largest absolute Gasteiger partial charge is 0.385 e. The van der Waals surface area contributed by atoms with Gasteiger partial charge >= 0.3 is 5.69 Å². The monoisotopic (exact) mass is 323 g/mol. The molecule has 0 amide bonds. The second-order valence-electron chi connectivity index (χ2n) is 4.27. The summed E-state index contributed by atoms with van der Waals surface area (Å²) >= 11 is 0.694. The van der Waals surface area contributed by atoms with Crippen molar-refractivity contribution in [3.05, 3.63) is 16.2 Å². The molecule has 0 unspecified atom stereocenters. The first-order chi connectivity index (χ1) is 9.21. The third-order valence-electron chi connectivity index (χ3n) is 2.57. The Kier molecular flexibility index (Phi) is 5.45. The molecule has 114 valence electrons. The van der Waals surface area contributed by atoms with Gasteiger partial charge in [0.05, 0.1) is 11.5 Å². The number of nitro groups is 1. The predicted molar refractivity (Wildman–Crippen MR) is 76.3 cm³/mol. The van der Waals surface area contributed by atoms with Crippen LogP contribution < -0.4 is 5.73 Å². The molecule has 0 radical (unpaired) electrons. The lowest BCUT2D eigenvalue weighted by molar-refractivity contribution is -0.383. The molecule has 0 aliphatic rings. The highest BCUT2D eigenvalue weighted by molar-refractivity contribution is 7.91. The summed E-state index contributed by atoms with van der Waals surface area (Å²) in [4.78, 5) is 10.0. The van der Waals surface area contributed by atoms with Crippen LogP contribution in [-0.4, -0.2) is 43.9 Å². The van der Waals surface area contributed by atoms with Gasteiger partial charge in [-0.05, 0) is 13.8 Å². The average Bonchev–Trinajstić information content (AvgIpc) is 2.72. The fourth-order valence-electron chi connectivity index (χ4n) is 1.60. The molecule has 0 fully saturated rings. The maximum absolute atomic E-state index is 12.5. The summed E-state index contributed by atoms with van der Waals surface area (Å²) in [6.45, 7) is 3.85. The molecule has 0 saturated heterocycles. The Bertz CT molecular complexity index is 582. The first-order valence-electron chi connectivity index (χ1n) is 5.76. The maximum Gasteiger partial charge on any atom is 0.304 e. The summed E-state index contributed by atoms with van der Waals surface area (Å²) in [7, 11) is -2.35.